The van der Waals surface area contributed by atoms with E-state index >= 15 is 0 Å². The van der Waals surface area contributed by atoms with Gasteiger partial charge in [-0.1, -0.05) is 0 Å². The number of carbonyl (C=O) groups is 3. The monoisotopic (exact) mass is 283 g/mol. The van der Waals surface area contributed by atoms with E-state index in [4.69, 9.17) is 10.8 Å². The van der Waals surface area contributed by atoms with Crippen LogP contribution in [-0.2, 0) is 14.4 Å². The number of carboxylic acid groups (broad SMARTS) is 1. The van der Waals surface area contributed by atoms with Gasteiger partial charge >= 0.3 is 5.97 Å². The van der Waals surface area contributed by atoms with Crippen molar-refractivity contribution in [1.29, 1.82) is 0 Å². The number of hydrogen-bond acceptors (Lipinski definition) is 4. The topological polar surface area (TPSA) is 113 Å². The third-order valence-electron chi connectivity index (χ3n) is 3.81. The number of nitrogens with zero attached hydrogens (tertiary/aromatic N) is 1. The SMILES string of the molecule is NC(CC(=O)O)C(=O)NC1CCN(C(=O)C2CC2)CC1. The molecule has 2 aliphatic rings. The van der Waals surface area contributed by atoms with E-state index in [2.05, 4.69) is 5.32 Å². The Morgan fingerprint density at radius 3 is 2.30 bits per heavy atom. The van der Waals surface area contributed by atoms with Crippen LogP contribution in [0, 0.1) is 5.92 Å². The van der Waals surface area contributed by atoms with Gasteiger partial charge in [-0.15, -0.1) is 0 Å². The minimum Gasteiger partial charge on any atom is -0.481 e. The number of rotatable bonds is 5. The van der Waals surface area contributed by atoms with Crippen molar-refractivity contribution in [3.05, 3.63) is 0 Å². The molecule has 112 valence electrons. The fourth-order valence-electron chi connectivity index (χ4n) is 2.42. The number of amides is 2. The molecule has 2 fully saturated rings. The molecular formula is C13H21N3O4. The van der Waals surface area contributed by atoms with Crippen LogP contribution >= 0.6 is 0 Å². The molecule has 1 aliphatic carbocycles. The maximum absolute atomic E-state index is 11.9. The summed E-state index contributed by atoms with van der Waals surface area (Å²) < 4.78 is 0. The highest BCUT2D eigenvalue weighted by Gasteiger charge is 2.35. The molecule has 2 rings (SSSR count). The van der Waals surface area contributed by atoms with Gasteiger partial charge in [0.2, 0.25) is 11.8 Å². The van der Waals surface area contributed by atoms with Gasteiger partial charge in [-0.3, -0.25) is 14.4 Å². The molecule has 7 heteroatoms. The minimum atomic E-state index is -1.09. The maximum atomic E-state index is 11.9. The first-order chi connectivity index (χ1) is 9.47. The van der Waals surface area contributed by atoms with Gasteiger partial charge in [-0.05, 0) is 25.7 Å². The zero-order valence-electron chi connectivity index (χ0n) is 11.4. The van der Waals surface area contributed by atoms with Crippen LogP contribution in [0.2, 0.25) is 0 Å². The van der Waals surface area contributed by atoms with E-state index in [0.29, 0.717) is 25.9 Å². The lowest BCUT2D eigenvalue weighted by molar-refractivity contribution is -0.140. The van der Waals surface area contributed by atoms with E-state index in [0.717, 1.165) is 12.8 Å². The third-order valence-corrected chi connectivity index (χ3v) is 3.81. The quantitative estimate of drug-likeness (QED) is 0.618. The lowest BCUT2D eigenvalue weighted by Gasteiger charge is -2.33. The summed E-state index contributed by atoms with van der Waals surface area (Å²) >= 11 is 0. The molecule has 0 bridgehead atoms. The van der Waals surface area contributed by atoms with Gasteiger partial charge in [0.25, 0.3) is 0 Å². The van der Waals surface area contributed by atoms with Gasteiger partial charge in [0.05, 0.1) is 12.5 Å². The van der Waals surface area contributed by atoms with Crippen LogP contribution < -0.4 is 11.1 Å². The Morgan fingerprint density at radius 1 is 1.20 bits per heavy atom. The molecule has 1 heterocycles. The maximum Gasteiger partial charge on any atom is 0.305 e. The van der Waals surface area contributed by atoms with Crippen molar-refractivity contribution in [1.82, 2.24) is 10.2 Å². The number of carboxylic acids is 1. The Labute approximate surface area is 117 Å². The number of piperidine rings is 1. The van der Waals surface area contributed by atoms with Crippen molar-refractivity contribution >= 4 is 17.8 Å². The fourth-order valence-corrected chi connectivity index (χ4v) is 2.42. The van der Waals surface area contributed by atoms with E-state index in [1.165, 1.54) is 0 Å². The molecule has 2 amide bonds. The fraction of sp³-hybridized carbons (Fsp3) is 0.769. The van der Waals surface area contributed by atoms with Crippen molar-refractivity contribution in [3.63, 3.8) is 0 Å². The first-order valence-electron chi connectivity index (χ1n) is 7.04. The summed E-state index contributed by atoms with van der Waals surface area (Å²) in [6.45, 7) is 1.29. The van der Waals surface area contributed by atoms with Crippen LogP contribution in [0.25, 0.3) is 0 Å². The molecule has 1 saturated heterocycles. The molecule has 1 unspecified atom stereocenters. The second kappa shape index (κ2) is 6.21. The smallest absolute Gasteiger partial charge is 0.305 e. The molecule has 4 N–H and O–H groups in total. The van der Waals surface area contributed by atoms with Gasteiger partial charge < -0.3 is 21.1 Å². The van der Waals surface area contributed by atoms with E-state index in [-0.39, 0.29) is 24.3 Å². The first-order valence-corrected chi connectivity index (χ1v) is 7.04. The van der Waals surface area contributed by atoms with Crippen molar-refractivity contribution in [2.45, 2.75) is 44.2 Å². The van der Waals surface area contributed by atoms with E-state index in [9.17, 15) is 14.4 Å². The van der Waals surface area contributed by atoms with Crippen molar-refractivity contribution in [2.75, 3.05) is 13.1 Å². The zero-order valence-corrected chi connectivity index (χ0v) is 11.4. The van der Waals surface area contributed by atoms with Crippen molar-refractivity contribution < 1.29 is 19.5 Å². The summed E-state index contributed by atoms with van der Waals surface area (Å²) in [6, 6.07) is -1.04. The Morgan fingerprint density at radius 2 is 1.80 bits per heavy atom. The number of nitrogens with one attached hydrogen (secondary N) is 1. The number of hydrogen-bond donors (Lipinski definition) is 3. The summed E-state index contributed by atoms with van der Waals surface area (Å²) in [7, 11) is 0. The predicted molar refractivity (Wildman–Crippen MR) is 70.7 cm³/mol. The summed E-state index contributed by atoms with van der Waals surface area (Å²) in [4.78, 5) is 35.9. The molecular weight excluding hydrogens is 262 g/mol. The van der Waals surface area contributed by atoms with Crippen LogP contribution in [0.5, 0.6) is 0 Å². The lowest BCUT2D eigenvalue weighted by atomic mass is 10.0. The lowest BCUT2D eigenvalue weighted by Crippen LogP contribution is -2.51. The van der Waals surface area contributed by atoms with Crippen LogP contribution in [0.4, 0.5) is 0 Å². The van der Waals surface area contributed by atoms with Gasteiger partial charge in [0.15, 0.2) is 0 Å². The number of nitrogens with two attached hydrogens (primary N) is 1. The number of aliphatic carboxylic acids is 1. The normalized spacial score (nSPS) is 21.4. The van der Waals surface area contributed by atoms with Crippen molar-refractivity contribution in [2.24, 2.45) is 11.7 Å². The summed E-state index contributed by atoms with van der Waals surface area (Å²) in [6.07, 6.45) is 3.03. The minimum absolute atomic E-state index is 0.0226. The molecule has 7 nitrogen and oxygen atoms in total. The predicted octanol–water partition coefficient (Wildman–Crippen LogP) is -0.694. The van der Waals surface area contributed by atoms with Crippen LogP contribution in [0.1, 0.15) is 32.1 Å². The zero-order chi connectivity index (χ0) is 14.7. The highest BCUT2D eigenvalue weighted by Crippen LogP contribution is 2.31. The average Bonchev–Trinajstić information content (AvgIpc) is 3.22. The van der Waals surface area contributed by atoms with Gasteiger partial charge in [-0.25, -0.2) is 0 Å². The van der Waals surface area contributed by atoms with E-state index < -0.39 is 17.9 Å². The van der Waals surface area contributed by atoms with E-state index in [1.807, 2.05) is 4.90 Å². The average molecular weight is 283 g/mol. The van der Waals surface area contributed by atoms with E-state index in [1.54, 1.807) is 0 Å². The highest BCUT2D eigenvalue weighted by atomic mass is 16.4. The highest BCUT2D eigenvalue weighted by molar-refractivity contribution is 5.86. The molecule has 1 saturated carbocycles. The molecule has 0 spiro atoms. The summed E-state index contributed by atoms with van der Waals surface area (Å²) in [5.41, 5.74) is 5.50. The third kappa shape index (κ3) is 3.93. The van der Waals surface area contributed by atoms with Crippen LogP contribution in [0.15, 0.2) is 0 Å². The van der Waals surface area contributed by atoms with Crippen LogP contribution in [-0.4, -0.2) is 53.0 Å². The second-order valence-electron chi connectivity index (χ2n) is 5.59. The Bertz CT molecular complexity index is 400. The van der Waals surface area contributed by atoms with Crippen LogP contribution in [0.3, 0.4) is 0 Å². The molecule has 1 atom stereocenters. The Hall–Kier alpha value is -1.63. The molecule has 0 aromatic heterocycles. The van der Waals surface area contributed by atoms with Gasteiger partial charge in [0, 0.05) is 25.0 Å². The standard InChI is InChI=1S/C13H21N3O4/c14-10(7-11(17)18)12(19)15-9-3-5-16(6-4-9)13(20)8-1-2-8/h8-10H,1-7,14H2,(H,15,19)(H,17,18). The number of carbonyl (C=O) groups excluding carboxylic acids is 2. The molecule has 20 heavy (non-hydrogen) atoms. The van der Waals surface area contributed by atoms with Gasteiger partial charge in [-0.2, -0.15) is 0 Å². The van der Waals surface area contributed by atoms with Gasteiger partial charge in [0.1, 0.15) is 0 Å². The molecule has 0 aromatic carbocycles. The molecule has 0 radical (unpaired) electrons. The summed E-state index contributed by atoms with van der Waals surface area (Å²) in [5.74, 6) is -1.06. The molecule has 1 aliphatic heterocycles. The molecule has 0 aromatic rings. The Balaban J connectivity index is 1.72. The number of likely N-dealkylation sites (tertiary alicyclic amines) is 1. The summed E-state index contributed by atoms with van der Waals surface area (Å²) in [5, 5.41) is 11.4. The largest absolute Gasteiger partial charge is 0.481 e. The Kier molecular flexibility index (Phi) is 4.59. The first kappa shape index (κ1) is 14.8. The van der Waals surface area contributed by atoms with Crippen molar-refractivity contribution in [3.8, 4) is 0 Å². The second-order valence-corrected chi connectivity index (χ2v) is 5.59.